The van der Waals surface area contributed by atoms with Gasteiger partial charge in [0.25, 0.3) is 0 Å². The zero-order chi connectivity index (χ0) is 24.6. The van der Waals surface area contributed by atoms with Crippen molar-refractivity contribution in [3.63, 3.8) is 0 Å². The molecule has 6 rings (SSSR count). The fraction of sp³-hybridized carbons (Fsp3) is 0.276. The number of thiophene rings is 1. The molecule has 0 bridgehead atoms. The molecule has 5 nitrogen and oxygen atoms in total. The van der Waals surface area contributed by atoms with Crippen molar-refractivity contribution >= 4 is 17.4 Å². The molecule has 3 heterocycles. The van der Waals surface area contributed by atoms with Gasteiger partial charge in [0.1, 0.15) is 16.6 Å². The highest BCUT2D eigenvalue weighted by molar-refractivity contribution is 7.15. The van der Waals surface area contributed by atoms with Crippen LogP contribution < -0.4 is 10.1 Å². The van der Waals surface area contributed by atoms with Gasteiger partial charge in [0.2, 0.25) is 0 Å². The van der Waals surface area contributed by atoms with Crippen molar-refractivity contribution in [3.05, 3.63) is 106 Å². The van der Waals surface area contributed by atoms with Crippen LogP contribution in [0.5, 0.6) is 5.75 Å². The van der Waals surface area contributed by atoms with Crippen molar-refractivity contribution in [2.24, 2.45) is 0 Å². The van der Waals surface area contributed by atoms with Crippen molar-refractivity contribution in [1.82, 2.24) is 14.8 Å². The molecule has 36 heavy (non-hydrogen) atoms. The Labute approximate surface area is 214 Å². The molecule has 1 N–H and O–H groups in total. The molecule has 4 aromatic rings. The third kappa shape index (κ3) is 4.07. The van der Waals surface area contributed by atoms with Crippen LogP contribution in [0, 0.1) is 5.82 Å². The first kappa shape index (κ1) is 22.9. The Morgan fingerprint density at radius 2 is 1.94 bits per heavy atom. The summed E-state index contributed by atoms with van der Waals surface area (Å²) in [6.07, 6.45) is 6.59. The normalized spacial score (nSPS) is 16.5. The summed E-state index contributed by atoms with van der Waals surface area (Å²) in [5.74, 6) is 0.445. The first-order valence-corrected chi connectivity index (χ1v) is 13.2. The van der Waals surface area contributed by atoms with Crippen LogP contribution in [0.15, 0.2) is 66.9 Å². The number of fused-ring (bicyclic) bond motifs is 5. The number of nitrogens with one attached hydrogen (secondary N) is 1. The summed E-state index contributed by atoms with van der Waals surface area (Å²) in [5, 5.41) is 4.31. The lowest BCUT2D eigenvalue weighted by Crippen LogP contribution is -2.41. The predicted molar refractivity (Wildman–Crippen MR) is 139 cm³/mol. The SMILES string of the molecule is COc1cccc(CNC(=O)N2Cc3c(sc4c3CCCC4)-n3cccc3[C@@H]2c2cccc(F)c2)c1. The molecule has 0 saturated carbocycles. The summed E-state index contributed by atoms with van der Waals surface area (Å²) in [5.41, 5.74) is 5.30. The average molecular weight is 502 g/mol. The number of hydrogen-bond donors (Lipinski definition) is 1. The van der Waals surface area contributed by atoms with E-state index < -0.39 is 6.04 Å². The fourth-order valence-electron chi connectivity index (χ4n) is 5.48. The highest BCUT2D eigenvalue weighted by atomic mass is 32.1. The lowest BCUT2D eigenvalue weighted by molar-refractivity contribution is 0.180. The van der Waals surface area contributed by atoms with E-state index in [9.17, 15) is 9.18 Å². The largest absolute Gasteiger partial charge is 0.497 e. The zero-order valence-corrected chi connectivity index (χ0v) is 21.0. The van der Waals surface area contributed by atoms with E-state index in [1.54, 1.807) is 19.2 Å². The molecular formula is C29H28FN3O2S. The number of carbonyl (C=O) groups is 1. The highest BCUT2D eigenvalue weighted by Crippen LogP contribution is 2.44. The number of methoxy groups -OCH3 is 1. The van der Waals surface area contributed by atoms with Crippen LogP contribution in [-0.2, 0) is 25.9 Å². The molecule has 2 aliphatic rings. The van der Waals surface area contributed by atoms with Gasteiger partial charge in [-0.3, -0.25) is 0 Å². The van der Waals surface area contributed by atoms with Gasteiger partial charge in [-0.2, -0.15) is 0 Å². The minimum absolute atomic E-state index is 0.177. The predicted octanol–water partition coefficient (Wildman–Crippen LogP) is 6.38. The van der Waals surface area contributed by atoms with Gasteiger partial charge in [-0.05, 0) is 78.8 Å². The van der Waals surface area contributed by atoms with Crippen molar-refractivity contribution in [2.45, 2.75) is 44.8 Å². The molecule has 0 radical (unpaired) electrons. The third-order valence-corrected chi connectivity index (χ3v) is 8.52. The second-order valence-corrected chi connectivity index (χ2v) is 10.5. The maximum Gasteiger partial charge on any atom is 0.318 e. The van der Waals surface area contributed by atoms with Gasteiger partial charge < -0.3 is 19.5 Å². The number of aryl methyl sites for hydroxylation is 1. The lowest BCUT2D eigenvalue weighted by Gasteiger charge is -2.31. The number of urea groups is 1. The van der Waals surface area contributed by atoms with Crippen molar-refractivity contribution in [2.75, 3.05) is 7.11 Å². The summed E-state index contributed by atoms with van der Waals surface area (Å²) in [6.45, 7) is 0.853. The molecule has 2 aromatic carbocycles. The molecule has 1 atom stereocenters. The van der Waals surface area contributed by atoms with Crippen molar-refractivity contribution in [3.8, 4) is 10.8 Å². The topological polar surface area (TPSA) is 46.5 Å². The Balaban J connectivity index is 1.42. The molecule has 0 saturated heterocycles. The van der Waals surface area contributed by atoms with Gasteiger partial charge in [-0.25, -0.2) is 9.18 Å². The number of benzene rings is 2. The molecular weight excluding hydrogens is 473 g/mol. The highest BCUT2D eigenvalue weighted by Gasteiger charge is 2.36. The van der Waals surface area contributed by atoms with Crippen LogP contribution in [0.25, 0.3) is 5.00 Å². The Hall–Kier alpha value is -3.58. The number of aromatic nitrogens is 1. The molecule has 2 amide bonds. The summed E-state index contributed by atoms with van der Waals surface area (Å²) >= 11 is 1.84. The molecule has 0 fully saturated rings. The van der Waals surface area contributed by atoms with Gasteiger partial charge >= 0.3 is 6.03 Å². The summed E-state index contributed by atoms with van der Waals surface area (Å²) in [7, 11) is 1.63. The Bertz CT molecular complexity index is 1430. The molecule has 7 heteroatoms. The van der Waals surface area contributed by atoms with Gasteiger partial charge in [0.15, 0.2) is 0 Å². The minimum atomic E-state index is -0.417. The van der Waals surface area contributed by atoms with E-state index in [4.69, 9.17) is 4.74 Å². The molecule has 1 aliphatic heterocycles. The van der Waals surface area contributed by atoms with Crippen LogP contribution in [0.1, 0.15) is 51.7 Å². The van der Waals surface area contributed by atoms with E-state index in [0.717, 1.165) is 35.4 Å². The van der Waals surface area contributed by atoms with Crippen LogP contribution in [-0.4, -0.2) is 22.6 Å². The van der Waals surface area contributed by atoms with Crippen LogP contribution in [0.3, 0.4) is 0 Å². The zero-order valence-electron chi connectivity index (χ0n) is 20.2. The molecule has 2 aromatic heterocycles. The van der Waals surface area contributed by atoms with E-state index in [0.29, 0.717) is 13.1 Å². The van der Waals surface area contributed by atoms with E-state index in [1.165, 1.54) is 39.9 Å². The van der Waals surface area contributed by atoms with E-state index in [2.05, 4.69) is 16.1 Å². The maximum atomic E-state index is 14.4. The summed E-state index contributed by atoms with van der Waals surface area (Å²) < 4.78 is 21.9. The Kier molecular flexibility index (Phi) is 6.01. The van der Waals surface area contributed by atoms with Gasteiger partial charge in [0, 0.05) is 23.2 Å². The standard InChI is InChI=1S/C29H28FN3O2S/c1-35-22-10-4-7-19(15-22)17-31-29(34)33-18-24-23-11-2-3-13-26(23)36-28(24)32-14-6-12-25(32)27(33)20-8-5-9-21(30)16-20/h4-10,12,14-16,27H,2-3,11,13,17-18H2,1H3,(H,31,34)/t27-/m0/s1. The fourth-order valence-corrected chi connectivity index (χ4v) is 6.88. The third-order valence-electron chi connectivity index (χ3n) is 7.18. The van der Waals surface area contributed by atoms with Gasteiger partial charge in [-0.15, -0.1) is 11.3 Å². The second kappa shape index (κ2) is 9.47. The first-order chi connectivity index (χ1) is 17.6. The summed E-state index contributed by atoms with van der Waals surface area (Å²) in [6, 6.07) is 17.8. The molecule has 0 unspecified atom stereocenters. The van der Waals surface area contributed by atoms with Crippen molar-refractivity contribution in [1.29, 1.82) is 0 Å². The number of hydrogen-bond acceptors (Lipinski definition) is 3. The number of ether oxygens (including phenoxy) is 1. The van der Waals surface area contributed by atoms with Gasteiger partial charge in [-0.1, -0.05) is 24.3 Å². The monoisotopic (exact) mass is 501 g/mol. The van der Waals surface area contributed by atoms with Crippen LogP contribution in [0.4, 0.5) is 9.18 Å². The number of nitrogens with zero attached hydrogens (tertiary/aromatic N) is 2. The minimum Gasteiger partial charge on any atom is -0.497 e. The number of carbonyl (C=O) groups excluding carboxylic acids is 1. The quantitative estimate of drug-likeness (QED) is 0.353. The first-order valence-electron chi connectivity index (χ1n) is 12.4. The van der Waals surface area contributed by atoms with Gasteiger partial charge in [0.05, 0.1) is 25.4 Å². The number of amides is 2. The number of rotatable bonds is 4. The van der Waals surface area contributed by atoms with E-state index in [-0.39, 0.29) is 11.8 Å². The Morgan fingerprint density at radius 1 is 1.08 bits per heavy atom. The lowest BCUT2D eigenvalue weighted by atomic mass is 9.95. The van der Waals surface area contributed by atoms with E-state index >= 15 is 0 Å². The van der Waals surface area contributed by atoms with Crippen LogP contribution in [0.2, 0.25) is 0 Å². The Morgan fingerprint density at radius 3 is 2.81 bits per heavy atom. The average Bonchev–Trinajstić information content (AvgIpc) is 3.49. The summed E-state index contributed by atoms with van der Waals surface area (Å²) in [4.78, 5) is 17.2. The molecule has 1 aliphatic carbocycles. The van der Waals surface area contributed by atoms with E-state index in [1.807, 2.05) is 58.7 Å². The maximum absolute atomic E-state index is 14.4. The molecule has 0 spiro atoms. The molecule has 184 valence electrons. The van der Waals surface area contributed by atoms with Crippen molar-refractivity contribution < 1.29 is 13.9 Å². The number of halogens is 1. The second-order valence-electron chi connectivity index (χ2n) is 9.39. The van der Waals surface area contributed by atoms with Crippen LogP contribution >= 0.6 is 11.3 Å². The smallest absolute Gasteiger partial charge is 0.318 e.